The Kier molecular flexibility index (Phi) is 93.1. The van der Waals surface area contributed by atoms with Gasteiger partial charge in [0.1, 0.15) is 25.4 Å². The molecule has 0 aliphatic rings. The minimum Gasteiger partial charge on any atom is -0.463 e. The molecule has 0 spiro atoms. The number of phosphoric ester groups is 2. The van der Waals surface area contributed by atoms with E-state index in [9.17, 15) is 43.5 Å². The van der Waals surface area contributed by atoms with Crippen LogP contribution in [-0.4, -0.2) is 95.9 Å². The van der Waals surface area contributed by atoms with Crippen LogP contribution in [0.25, 0.3) is 0 Å². The molecule has 16 nitrogen and oxygen atoms in total. The van der Waals surface area contributed by atoms with Crippen molar-refractivity contribution < 1.29 is 75.8 Å². The number of carbonyl (C=O) groups is 3. The maximum Gasteiger partial charge on any atom is 0.472 e. The lowest BCUT2D eigenvalue weighted by molar-refractivity contribution is -0.161. The summed E-state index contributed by atoms with van der Waals surface area (Å²) >= 11 is 0. The molecule has 0 aliphatic heterocycles. The molecule has 0 fully saturated rings. The summed E-state index contributed by atoms with van der Waals surface area (Å²) in [5, 5.41) is 20.8. The van der Waals surface area contributed by atoms with Crippen LogP contribution in [0.1, 0.15) is 406 Å². The van der Waals surface area contributed by atoms with Crippen LogP contribution >= 0.6 is 15.6 Å². The Morgan fingerprint density at radius 2 is 0.400 bits per heavy atom. The number of hydrogen-bond acceptors (Lipinski definition) is 14. The summed E-state index contributed by atoms with van der Waals surface area (Å²) in [6, 6.07) is 0. The predicted molar refractivity (Wildman–Crippen MR) is 528 cm³/mol. The molecule has 0 heterocycles. The zero-order valence-electron chi connectivity index (χ0n) is 79.0. The second-order valence-corrected chi connectivity index (χ2v) is 35.7. The van der Waals surface area contributed by atoms with Crippen LogP contribution < -0.4 is 0 Å². The van der Waals surface area contributed by atoms with Crippen molar-refractivity contribution in [1.29, 1.82) is 0 Å². The number of phosphoric acid groups is 2. The number of unbranched alkanes of at least 4 members (excludes halogenated alkanes) is 38. The van der Waals surface area contributed by atoms with Crippen LogP contribution in [-0.2, 0) is 55.8 Å². The van der Waals surface area contributed by atoms with E-state index >= 15 is 0 Å². The van der Waals surface area contributed by atoms with E-state index in [2.05, 4.69) is 215 Å². The third-order valence-electron chi connectivity index (χ3n) is 20.8. The summed E-state index contributed by atoms with van der Waals surface area (Å²) < 4.78 is 61.7. The number of esters is 3. The van der Waals surface area contributed by atoms with Gasteiger partial charge < -0.3 is 34.2 Å². The zero-order chi connectivity index (χ0) is 90.7. The molecule has 0 radical (unpaired) electrons. The van der Waals surface area contributed by atoms with Gasteiger partial charge in [-0.2, -0.15) is 0 Å². The summed E-state index contributed by atoms with van der Waals surface area (Å²) in [5.74, 6) is -1.57. The predicted octanol–water partition coefficient (Wildman–Crippen LogP) is 31.3. The number of hydrogen-bond donors (Lipinski definition) is 4. The van der Waals surface area contributed by atoms with Crippen molar-refractivity contribution in [3.63, 3.8) is 0 Å². The minimum absolute atomic E-state index is 0.0957. The van der Waals surface area contributed by atoms with Gasteiger partial charge in [0.05, 0.1) is 26.4 Å². The molecule has 18 heteroatoms. The minimum atomic E-state index is -4.95. The van der Waals surface area contributed by atoms with Gasteiger partial charge in [0.25, 0.3) is 0 Å². The first-order valence-corrected chi connectivity index (χ1v) is 52.7. The second kappa shape index (κ2) is 97.4. The van der Waals surface area contributed by atoms with Gasteiger partial charge in [-0.05, 0) is 161 Å². The molecule has 0 aromatic heterocycles. The average molecular weight is 1780 g/mol. The van der Waals surface area contributed by atoms with Crippen molar-refractivity contribution in [3.05, 3.63) is 194 Å². The topological polar surface area (TPSA) is 231 Å². The number of carbonyl (C=O) groups excluding carboxylic acids is 3. The lowest BCUT2D eigenvalue weighted by Gasteiger charge is -2.21. The monoisotopic (exact) mass is 1780 g/mol. The zero-order valence-corrected chi connectivity index (χ0v) is 80.7. The number of rotatable bonds is 93. The molecule has 0 saturated carbocycles. The maximum atomic E-state index is 13.1. The Bertz CT molecular complexity index is 3050. The quantitative estimate of drug-likeness (QED) is 0.0146. The van der Waals surface area contributed by atoms with Crippen molar-refractivity contribution in [2.24, 2.45) is 0 Å². The normalized spacial score (nSPS) is 14.5. The fourth-order valence-corrected chi connectivity index (χ4v) is 15.0. The second-order valence-electron chi connectivity index (χ2n) is 32.8. The number of aliphatic hydroxyl groups is 2. The fraction of sp³-hybridized carbons (Fsp3) is 0.673. The van der Waals surface area contributed by atoms with Crippen LogP contribution in [0.2, 0.25) is 0 Å². The highest BCUT2D eigenvalue weighted by molar-refractivity contribution is 7.47. The summed E-state index contributed by atoms with van der Waals surface area (Å²) in [4.78, 5) is 59.2. The van der Waals surface area contributed by atoms with Crippen LogP contribution in [0.3, 0.4) is 0 Å². The molecule has 0 aromatic carbocycles. The number of ether oxygens (including phenoxy) is 3. The third-order valence-corrected chi connectivity index (χ3v) is 22.7. The molecule has 0 bridgehead atoms. The molecule has 4 N–H and O–H groups in total. The van der Waals surface area contributed by atoms with Gasteiger partial charge in [-0.25, -0.2) is 9.13 Å². The van der Waals surface area contributed by atoms with E-state index in [1.54, 1.807) is 0 Å². The first-order valence-electron chi connectivity index (χ1n) is 49.7. The lowest BCUT2D eigenvalue weighted by Crippen LogP contribution is -2.30. The van der Waals surface area contributed by atoms with Gasteiger partial charge in [-0.3, -0.25) is 32.5 Å². The maximum absolute atomic E-state index is 13.1. The van der Waals surface area contributed by atoms with Gasteiger partial charge in [0, 0.05) is 19.3 Å². The molecule has 0 amide bonds. The molecule has 714 valence electrons. The van der Waals surface area contributed by atoms with Crippen molar-refractivity contribution in [2.75, 3.05) is 39.6 Å². The summed E-state index contributed by atoms with van der Waals surface area (Å²) in [5.41, 5.74) is 0. The van der Waals surface area contributed by atoms with Crippen LogP contribution in [0.4, 0.5) is 0 Å². The lowest BCUT2D eigenvalue weighted by atomic mass is 10.0. The summed E-state index contributed by atoms with van der Waals surface area (Å²) in [7, 11) is -9.82. The molecule has 5 unspecified atom stereocenters. The highest BCUT2D eigenvalue weighted by Crippen LogP contribution is 2.45. The Balaban J connectivity index is 4.62. The average Bonchev–Trinajstić information content (AvgIpc) is 0.902. The Morgan fingerprint density at radius 3 is 0.632 bits per heavy atom. The van der Waals surface area contributed by atoms with E-state index < -0.39 is 91.5 Å². The highest BCUT2D eigenvalue weighted by atomic mass is 31.2. The summed E-state index contributed by atoms with van der Waals surface area (Å²) in [6.07, 6.45) is 130. The van der Waals surface area contributed by atoms with Crippen LogP contribution in [0.5, 0.6) is 0 Å². The molecule has 5 atom stereocenters. The third kappa shape index (κ3) is 98.8. The molecule has 125 heavy (non-hydrogen) atoms. The number of allylic oxidation sites excluding steroid dienone is 32. The molecular weight excluding hydrogens is 1600 g/mol. The van der Waals surface area contributed by atoms with E-state index in [-0.39, 0.29) is 19.3 Å². The molecule has 0 aliphatic carbocycles. The smallest absolute Gasteiger partial charge is 0.463 e. The van der Waals surface area contributed by atoms with E-state index in [0.717, 1.165) is 193 Å². The van der Waals surface area contributed by atoms with Crippen molar-refractivity contribution in [1.82, 2.24) is 0 Å². The van der Waals surface area contributed by atoms with Gasteiger partial charge in [-0.1, -0.05) is 421 Å². The van der Waals surface area contributed by atoms with Crippen molar-refractivity contribution >= 4 is 33.6 Å². The van der Waals surface area contributed by atoms with Gasteiger partial charge in [-0.15, -0.1) is 0 Å². The van der Waals surface area contributed by atoms with Crippen molar-refractivity contribution in [2.45, 2.75) is 424 Å². The summed E-state index contributed by atoms with van der Waals surface area (Å²) in [6.45, 7) is 2.39. The highest BCUT2D eigenvalue weighted by Gasteiger charge is 2.30. The van der Waals surface area contributed by atoms with Crippen LogP contribution in [0, 0.1) is 0 Å². The Hall–Kier alpha value is -5.61. The van der Waals surface area contributed by atoms with Crippen molar-refractivity contribution in [3.8, 4) is 0 Å². The van der Waals surface area contributed by atoms with E-state index in [1.807, 2.05) is 0 Å². The first-order chi connectivity index (χ1) is 61.2. The van der Waals surface area contributed by atoms with Gasteiger partial charge >= 0.3 is 33.6 Å². The van der Waals surface area contributed by atoms with Crippen LogP contribution in [0.15, 0.2) is 194 Å². The van der Waals surface area contributed by atoms with E-state index in [1.165, 1.54) is 154 Å². The Morgan fingerprint density at radius 1 is 0.224 bits per heavy atom. The first kappa shape index (κ1) is 119. The largest absolute Gasteiger partial charge is 0.472 e. The van der Waals surface area contributed by atoms with E-state index in [4.69, 9.17) is 32.3 Å². The molecule has 0 rings (SSSR count). The van der Waals surface area contributed by atoms with Gasteiger partial charge in [0.15, 0.2) is 6.10 Å². The standard InChI is InChI=1S/C107H180O16P2/c1-4-7-10-13-16-19-22-25-28-31-34-37-40-43-46-48-49-50-51-53-56-57-60-63-66-69-72-75-78-81-84-87-90-93-105(110)117-96-102(108)97-119-124(113,114)120-98-103(109)99-121-125(115,116)122-101-104(123-107(112)95-92-89-86-83-80-77-74-71-68-65-62-59-54-45-42-39-36-33-30-27-24-21-18-15-12-9-6-3)100-118-106(111)94-91-88-85-82-79-76-73-70-67-64-61-58-55-52-47-44-41-38-35-32-29-26-23-20-17-14-11-8-5-2/h7-12,16-21,25-30,34-39,43-47,49-50,54,102-104,108-109H,4-6,13-15,22-24,31-33,40-42,48,51-53,55-101H2,1-3H3,(H,113,114)(H,115,116)/b10-7-,11-8-,12-9-,19-16-,20-17-,21-18-,28-25-,29-26-,30-27-,37-34-,38-35-,39-36-,46-43-,47-44-,50-49-,54-45-. The fourth-order valence-electron chi connectivity index (χ4n) is 13.4. The molecular formula is C107H180O16P2. The molecule has 0 saturated heterocycles. The molecule has 0 aromatic rings. The van der Waals surface area contributed by atoms with Gasteiger partial charge in [0.2, 0.25) is 0 Å². The Labute approximate surface area is 763 Å². The SMILES string of the molecule is CC/C=C\C/C=C\C/C=C\C/C=C\C/C=C\C/C=C\CCCCCCCCCCCCCCCCC(=O)OCC(O)COP(=O)(O)OCC(O)COP(=O)(O)OCC(COC(=O)CCCCCCCCCCCCCCC/C=C\C/C=C\C/C=C\C/C=C\C/C=C\CC)OC(=O)CCCCCCCCCCCCC/C=C\C/C=C\C/C=C\C/C=C\C/C=C\CC. The van der Waals surface area contributed by atoms with E-state index in [0.29, 0.717) is 19.3 Å². The number of aliphatic hydroxyl groups excluding tert-OH is 2.